The van der Waals surface area contributed by atoms with Crippen LogP contribution in [0.15, 0.2) is 6.08 Å². The third kappa shape index (κ3) is 2.82. The number of allylic oxidation sites excluding steroid dienone is 1. The molecule has 0 amide bonds. The van der Waals surface area contributed by atoms with Crippen LogP contribution < -0.4 is 0 Å². The molecule has 0 aliphatic heterocycles. The fraction of sp³-hybridized carbons (Fsp3) is 0.444. The molecule has 4 heteroatoms. The van der Waals surface area contributed by atoms with Crippen molar-refractivity contribution in [1.29, 1.82) is 5.41 Å². The molecule has 2 N–H and O–H groups in total. The number of rotatable bonds is 3. The van der Waals surface area contributed by atoms with Crippen LogP contribution in [0.25, 0.3) is 6.08 Å². The molecule has 0 saturated heterocycles. The third-order valence-electron chi connectivity index (χ3n) is 1.65. The van der Waals surface area contributed by atoms with Crippen molar-refractivity contribution in [2.45, 2.75) is 20.8 Å². The fourth-order valence-corrected chi connectivity index (χ4v) is 0.791. The summed E-state index contributed by atoms with van der Waals surface area (Å²) in [5.74, 6) is 1.66. The Kier molecular flexibility index (Phi) is 2.95. The summed E-state index contributed by atoms with van der Waals surface area (Å²) < 4.78 is 0. The van der Waals surface area contributed by atoms with Gasteiger partial charge in [0.05, 0.1) is 0 Å². The largest absolute Gasteiger partial charge is 0.305 e. The fourth-order valence-electron chi connectivity index (χ4n) is 0.791. The summed E-state index contributed by atoms with van der Waals surface area (Å²) in [4.78, 5) is 4.09. The van der Waals surface area contributed by atoms with Crippen molar-refractivity contribution < 1.29 is 0 Å². The Morgan fingerprint density at radius 2 is 2.23 bits per heavy atom. The van der Waals surface area contributed by atoms with Gasteiger partial charge in [0.2, 0.25) is 0 Å². The molecule has 4 nitrogen and oxygen atoms in total. The van der Waals surface area contributed by atoms with Gasteiger partial charge < -0.3 is 5.41 Å². The standard InChI is InChI=1S/C9H14N4/c1-6(2)8(10)4-5-9-11-7(3)12-13-9/h4-6,10H,1-3H3,(H,11,12,13)/b5-4-,10-8?. The monoisotopic (exact) mass is 178 g/mol. The Morgan fingerprint density at radius 3 is 2.69 bits per heavy atom. The molecular formula is C9H14N4. The topological polar surface area (TPSA) is 65.4 Å². The summed E-state index contributed by atoms with van der Waals surface area (Å²) in [5.41, 5.74) is 0.586. The SMILES string of the molecule is Cc1nc(/C=C\C(=N)C(C)C)n[nH]1. The zero-order valence-electron chi connectivity index (χ0n) is 8.13. The minimum absolute atomic E-state index is 0.247. The maximum Gasteiger partial charge on any atom is 0.173 e. The van der Waals surface area contributed by atoms with Crippen LogP contribution in [-0.2, 0) is 0 Å². The minimum atomic E-state index is 0.247. The predicted molar refractivity (Wildman–Crippen MR) is 52.7 cm³/mol. The van der Waals surface area contributed by atoms with Gasteiger partial charge in [0.25, 0.3) is 0 Å². The van der Waals surface area contributed by atoms with E-state index in [-0.39, 0.29) is 5.92 Å². The van der Waals surface area contributed by atoms with Gasteiger partial charge in [-0.2, -0.15) is 5.10 Å². The van der Waals surface area contributed by atoms with Crippen LogP contribution in [0.1, 0.15) is 25.5 Å². The number of aromatic amines is 1. The Labute approximate surface area is 77.6 Å². The molecule has 0 spiro atoms. The second-order valence-corrected chi connectivity index (χ2v) is 3.22. The van der Waals surface area contributed by atoms with Crippen molar-refractivity contribution in [1.82, 2.24) is 15.2 Å². The highest BCUT2D eigenvalue weighted by atomic mass is 15.2. The first-order valence-corrected chi connectivity index (χ1v) is 4.25. The molecule has 0 atom stereocenters. The van der Waals surface area contributed by atoms with Crippen molar-refractivity contribution in [2.75, 3.05) is 0 Å². The van der Waals surface area contributed by atoms with Gasteiger partial charge in [-0.05, 0) is 25.0 Å². The minimum Gasteiger partial charge on any atom is -0.305 e. The van der Waals surface area contributed by atoms with Crippen molar-refractivity contribution in [3.63, 3.8) is 0 Å². The molecule has 0 radical (unpaired) electrons. The van der Waals surface area contributed by atoms with Crippen LogP contribution >= 0.6 is 0 Å². The van der Waals surface area contributed by atoms with Gasteiger partial charge in [-0.1, -0.05) is 13.8 Å². The van der Waals surface area contributed by atoms with Crippen molar-refractivity contribution in [3.05, 3.63) is 17.7 Å². The first-order valence-electron chi connectivity index (χ1n) is 4.25. The van der Waals surface area contributed by atoms with E-state index in [1.54, 1.807) is 12.2 Å². The predicted octanol–water partition coefficient (Wildman–Crippen LogP) is 1.80. The Morgan fingerprint density at radius 1 is 1.54 bits per heavy atom. The average Bonchev–Trinajstić information content (AvgIpc) is 2.47. The number of nitrogens with one attached hydrogen (secondary N) is 2. The van der Waals surface area contributed by atoms with Crippen LogP contribution in [0, 0.1) is 18.3 Å². The Bertz CT molecular complexity index is 322. The molecule has 0 unspecified atom stereocenters. The average molecular weight is 178 g/mol. The summed E-state index contributed by atoms with van der Waals surface area (Å²) in [7, 11) is 0. The normalized spacial score (nSPS) is 11.4. The van der Waals surface area contributed by atoms with Gasteiger partial charge in [-0.3, -0.25) is 5.10 Å². The molecule has 0 fully saturated rings. The molecule has 0 aromatic carbocycles. The van der Waals surface area contributed by atoms with Gasteiger partial charge in [0, 0.05) is 5.71 Å². The highest BCUT2D eigenvalue weighted by Gasteiger charge is 1.98. The highest BCUT2D eigenvalue weighted by molar-refractivity contribution is 5.96. The third-order valence-corrected chi connectivity index (χ3v) is 1.65. The maximum absolute atomic E-state index is 7.55. The first-order chi connectivity index (χ1) is 6.09. The number of nitrogens with zero attached hydrogens (tertiary/aromatic N) is 2. The van der Waals surface area contributed by atoms with E-state index in [1.165, 1.54) is 0 Å². The molecule has 13 heavy (non-hydrogen) atoms. The molecule has 0 bridgehead atoms. The van der Waals surface area contributed by atoms with E-state index in [1.807, 2.05) is 20.8 Å². The number of aromatic nitrogens is 3. The van der Waals surface area contributed by atoms with E-state index in [2.05, 4.69) is 15.2 Å². The van der Waals surface area contributed by atoms with Gasteiger partial charge in [0.15, 0.2) is 5.82 Å². The molecule has 70 valence electrons. The van der Waals surface area contributed by atoms with E-state index >= 15 is 0 Å². The molecule has 0 aliphatic carbocycles. The van der Waals surface area contributed by atoms with E-state index in [9.17, 15) is 0 Å². The summed E-state index contributed by atoms with van der Waals surface area (Å²) in [5, 5.41) is 14.2. The van der Waals surface area contributed by atoms with Gasteiger partial charge >= 0.3 is 0 Å². The van der Waals surface area contributed by atoms with Crippen molar-refractivity contribution in [2.24, 2.45) is 5.92 Å². The lowest BCUT2D eigenvalue weighted by Gasteiger charge is -1.98. The molecule has 0 saturated carbocycles. The summed E-state index contributed by atoms with van der Waals surface area (Å²) in [6.07, 6.45) is 3.47. The second kappa shape index (κ2) is 3.98. The van der Waals surface area contributed by atoms with Gasteiger partial charge in [-0.15, -0.1) is 0 Å². The summed E-state index contributed by atoms with van der Waals surface area (Å²) >= 11 is 0. The molecule has 1 aromatic heterocycles. The van der Waals surface area contributed by atoms with Gasteiger partial charge in [0.1, 0.15) is 5.82 Å². The van der Waals surface area contributed by atoms with Crippen LogP contribution in [0.4, 0.5) is 0 Å². The molecule has 1 rings (SSSR count). The van der Waals surface area contributed by atoms with Crippen molar-refractivity contribution in [3.8, 4) is 0 Å². The van der Waals surface area contributed by atoms with Crippen LogP contribution in [-0.4, -0.2) is 20.9 Å². The Hall–Kier alpha value is -1.45. The molecule has 0 aliphatic rings. The Balaban J connectivity index is 2.64. The lowest BCUT2D eigenvalue weighted by molar-refractivity contribution is 0.882. The maximum atomic E-state index is 7.55. The molecular weight excluding hydrogens is 164 g/mol. The highest BCUT2D eigenvalue weighted by Crippen LogP contribution is 1.99. The second-order valence-electron chi connectivity index (χ2n) is 3.22. The lowest BCUT2D eigenvalue weighted by atomic mass is 10.1. The number of hydrogen-bond acceptors (Lipinski definition) is 3. The lowest BCUT2D eigenvalue weighted by Crippen LogP contribution is -2.00. The summed E-state index contributed by atoms with van der Waals surface area (Å²) in [6.45, 7) is 5.81. The van der Waals surface area contributed by atoms with E-state index in [0.29, 0.717) is 11.5 Å². The van der Waals surface area contributed by atoms with Crippen molar-refractivity contribution >= 4 is 11.8 Å². The van der Waals surface area contributed by atoms with Crippen LogP contribution in [0.2, 0.25) is 0 Å². The number of aryl methyl sites for hydroxylation is 1. The number of hydrogen-bond donors (Lipinski definition) is 2. The summed E-state index contributed by atoms with van der Waals surface area (Å²) in [6, 6.07) is 0. The smallest absolute Gasteiger partial charge is 0.173 e. The van der Waals surface area contributed by atoms with Crippen LogP contribution in [0.5, 0.6) is 0 Å². The van der Waals surface area contributed by atoms with E-state index < -0.39 is 0 Å². The number of H-pyrrole nitrogens is 1. The van der Waals surface area contributed by atoms with Gasteiger partial charge in [-0.25, -0.2) is 4.98 Å². The molecule has 1 heterocycles. The first kappa shape index (κ1) is 9.64. The zero-order chi connectivity index (χ0) is 9.84. The van der Waals surface area contributed by atoms with E-state index in [0.717, 1.165) is 5.82 Å². The molecule has 1 aromatic rings. The van der Waals surface area contributed by atoms with E-state index in [4.69, 9.17) is 5.41 Å². The van der Waals surface area contributed by atoms with Crippen LogP contribution in [0.3, 0.4) is 0 Å². The zero-order valence-corrected chi connectivity index (χ0v) is 8.13. The quantitative estimate of drug-likeness (QED) is 0.693.